The van der Waals surface area contributed by atoms with Gasteiger partial charge in [0.15, 0.2) is 0 Å². The number of ether oxygens (including phenoxy) is 2. The van der Waals surface area contributed by atoms with E-state index in [9.17, 15) is 14.4 Å². The minimum Gasteiger partial charge on any atom is -0.464 e. The largest absolute Gasteiger partial charge is 0.464 e. The van der Waals surface area contributed by atoms with Gasteiger partial charge in [0.1, 0.15) is 0 Å². The van der Waals surface area contributed by atoms with Gasteiger partial charge in [-0.15, -0.1) is 0 Å². The molecule has 0 aromatic carbocycles. The van der Waals surface area contributed by atoms with Gasteiger partial charge in [0, 0.05) is 31.8 Å². The van der Waals surface area contributed by atoms with Crippen LogP contribution in [-0.4, -0.2) is 46.5 Å². The highest BCUT2D eigenvalue weighted by atomic mass is 16.6. The molecule has 1 aromatic heterocycles. The summed E-state index contributed by atoms with van der Waals surface area (Å²) in [5, 5.41) is 0. The molecule has 1 aliphatic rings. The molecule has 0 fully saturated rings. The van der Waals surface area contributed by atoms with Crippen LogP contribution in [0.2, 0.25) is 0 Å². The van der Waals surface area contributed by atoms with E-state index >= 15 is 0 Å². The van der Waals surface area contributed by atoms with E-state index in [1.165, 1.54) is 11.8 Å². The topological polar surface area (TPSA) is 85.8 Å². The van der Waals surface area contributed by atoms with Crippen molar-refractivity contribution in [1.82, 2.24) is 9.88 Å². The van der Waals surface area contributed by atoms with E-state index in [0.29, 0.717) is 5.69 Å². The first-order chi connectivity index (χ1) is 11.0. The third-order valence-electron chi connectivity index (χ3n) is 3.80. The van der Waals surface area contributed by atoms with E-state index in [1.54, 1.807) is 26.1 Å². The maximum Gasteiger partial charge on any atom is 0.344 e. The quantitative estimate of drug-likeness (QED) is 0.604. The number of amides is 1. The molecule has 0 N–H and O–H groups in total. The zero-order valence-electron chi connectivity index (χ0n) is 13.5. The first-order valence-electron chi connectivity index (χ1n) is 7.52. The van der Waals surface area contributed by atoms with Crippen molar-refractivity contribution >= 4 is 17.8 Å². The van der Waals surface area contributed by atoms with Crippen LogP contribution in [0.4, 0.5) is 0 Å². The average Bonchev–Trinajstić information content (AvgIpc) is 2.53. The predicted molar refractivity (Wildman–Crippen MR) is 80.2 cm³/mol. The second kappa shape index (κ2) is 6.76. The first-order valence-corrected chi connectivity index (χ1v) is 7.52. The standard InChI is InChI=1S/C16H20N2O5/c1-4-22-14(20)16(15(21)23-5-2)9-13-12(7-6-8-17-13)10-18(16)11(3)19/h6-8H,4-5,9-10H2,1-3H3. The van der Waals surface area contributed by atoms with Crippen LogP contribution >= 0.6 is 0 Å². The molecule has 0 saturated carbocycles. The Balaban J connectivity index is 2.58. The summed E-state index contributed by atoms with van der Waals surface area (Å²) in [6.45, 7) is 4.90. The lowest BCUT2D eigenvalue weighted by Gasteiger charge is -2.42. The minimum absolute atomic E-state index is 0.0551. The highest BCUT2D eigenvalue weighted by molar-refractivity contribution is 6.08. The van der Waals surface area contributed by atoms with Crippen LogP contribution in [0.25, 0.3) is 0 Å². The maximum absolute atomic E-state index is 12.6. The molecule has 23 heavy (non-hydrogen) atoms. The number of fused-ring (bicyclic) bond motifs is 1. The highest BCUT2D eigenvalue weighted by Gasteiger charge is 2.57. The van der Waals surface area contributed by atoms with Crippen molar-refractivity contribution in [1.29, 1.82) is 0 Å². The van der Waals surface area contributed by atoms with E-state index < -0.39 is 23.4 Å². The molecule has 7 heteroatoms. The molecule has 0 radical (unpaired) electrons. The van der Waals surface area contributed by atoms with Crippen LogP contribution in [0.1, 0.15) is 32.0 Å². The monoisotopic (exact) mass is 320 g/mol. The van der Waals surface area contributed by atoms with Crippen molar-refractivity contribution in [2.24, 2.45) is 0 Å². The van der Waals surface area contributed by atoms with Crippen LogP contribution < -0.4 is 0 Å². The summed E-state index contributed by atoms with van der Waals surface area (Å²) >= 11 is 0. The molecule has 1 amide bonds. The molecule has 0 bridgehead atoms. The maximum atomic E-state index is 12.6. The number of esters is 2. The predicted octanol–water partition coefficient (Wildman–Crippen LogP) is 0.851. The van der Waals surface area contributed by atoms with Crippen molar-refractivity contribution in [2.75, 3.05) is 13.2 Å². The Hall–Kier alpha value is -2.44. The number of aromatic nitrogens is 1. The van der Waals surface area contributed by atoms with Gasteiger partial charge in [-0.05, 0) is 25.5 Å². The van der Waals surface area contributed by atoms with Crippen LogP contribution in [0.15, 0.2) is 18.3 Å². The molecular weight excluding hydrogens is 300 g/mol. The normalized spacial score (nSPS) is 15.5. The number of carbonyl (C=O) groups is 3. The summed E-state index contributed by atoms with van der Waals surface area (Å²) in [6, 6.07) is 3.57. The third-order valence-corrected chi connectivity index (χ3v) is 3.80. The zero-order valence-corrected chi connectivity index (χ0v) is 13.5. The van der Waals surface area contributed by atoms with E-state index in [1.807, 2.05) is 6.07 Å². The Kier molecular flexibility index (Phi) is 4.98. The molecule has 1 aromatic rings. The second-order valence-electron chi connectivity index (χ2n) is 5.19. The first kappa shape index (κ1) is 16.9. The lowest BCUT2D eigenvalue weighted by molar-refractivity contribution is -0.180. The fourth-order valence-corrected chi connectivity index (χ4v) is 2.75. The molecule has 0 atom stereocenters. The van der Waals surface area contributed by atoms with Crippen LogP contribution in [-0.2, 0) is 36.8 Å². The Labute approximate surface area is 134 Å². The van der Waals surface area contributed by atoms with Gasteiger partial charge in [-0.1, -0.05) is 6.07 Å². The summed E-state index contributed by atoms with van der Waals surface area (Å²) in [7, 11) is 0. The van der Waals surface area contributed by atoms with Gasteiger partial charge in [-0.25, -0.2) is 9.59 Å². The molecule has 124 valence electrons. The summed E-state index contributed by atoms with van der Waals surface area (Å²) in [5.74, 6) is -1.98. The van der Waals surface area contributed by atoms with E-state index in [0.717, 1.165) is 5.56 Å². The fourth-order valence-electron chi connectivity index (χ4n) is 2.75. The van der Waals surface area contributed by atoms with Crippen molar-refractivity contribution in [3.8, 4) is 0 Å². The number of rotatable bonds is 4. The fraction of sp³-hybridized carbons (Fsp3) is 0.500. The van der Waals surface area contributed by atoms with E-state index in [2.05, 4.69) is 4.98 Å². The van der Waals surface area contributed by atoms with Gasteiger partial charge in [0.05, 0.1) is 13.2 Å². The molecule has 2 rings (SSSR count). The molecule has 7 nitrogen and oxygen atoms in total. The van der Waals surface area contributed by atoms with Gasteiger partial charge in [0.25, 0.3) is 0 Å². The van der Waals surface area contributed by atoms with Gasteiger partial charge in [-0.2, -0.15) is 0 Å². The Morgan fingerprint density at radius 1 is 1.22 bits per heavy atom. The number of hydrogen-bond acceptors (Lipinski definition) is 6. The Morgan fingerprint density at radius 3 is 2.35 bits per heavy atom. The summed E-state index contributed by atoms with van der Waals surface area (Å²) in [5.41, 5.74) is -0.433. The zero-order chi connectivity index (χ0) is 17.0. The van der Waals surface area contributed by atoms with Gasteiger partial charge >= 0.3 is 11.9 Å². The molecule has 0 unspecified atom stereocenters. The molecule has 2 heterocycles. The Morgan fingerprint density at radius 2 is 1.83 bits per heavy atom. The Bertz CT molecular complexity index is 611. The minimum atomic E-state index is -1.82. The molecule has 1 aliphatic heterocycles. The van der Waals surface area contributed by atoms with E-state index in [4.69, 9.17) is 9.47 Å². The van der Waals surface area contributed by atoms with Crippen molar-refractivity contribution < 1.29 is 23.9 Å². The summed E-state index contributed by atoms with van der Waals surface area (Å²) in [4.78, 5) is 42.8. The molecule has 0 saturated heterocycles. The van der Waals surface area contributed by atoms with Crippen molar-refractivity contribution in [3.63, 3.8) is 0 Å². The van der Waals surface area contributed by atoms with E-state index in [-0.39, 0.29) is 26.2 Å². The van der Waals surface area contributed by atoms with Gasteiger partial charge < -0.3 is 14.4 Å². The molecular formula is C16H20N2O5. The lowest BCUT2D eigenvalue weighted by Crippen LogP contribution is -2.65. The molecule has 0 spiro atoms. The third kappa shape index (κ3) is 2.91. The van der Waals surface area contributed by atoms with Crippen LogP contribution in [0.5, 0.6) is 0 Å². The number of pyridine rings is 1. The van der Waals surface area contributed by atoms with Crippen LogP contribution in [0, 0.1) is 0 Å². The van der Waals surface area contributed by atoms with Crippen LogP contribution in [0.3, 0.4) is 0 Å². The van der Waals surface area contributed by atoms with Gasteiger partial charge in [0.2, 0.25) is 11.4 Å². The summed E-state index contributed by atoms with van der Waals surface area (Å²) < 4.78 is 10.2. The number of nitrogens with zero attached hydrogens (tertiary/aromatic N) is 2. The van der Waals surface area contributed by atoms with Crippen molar-refractivity contribution in [2.45, 2.75) is 39.3 Å². The summed E-state index contributed by atoms with van der Waals surface area (Å²) in [6.07, 6.45) is 1.53. The second-order valence-corrected chi connectivity index (χ2v) is 5.19. The van der Waals surface area contributed by atoms with Crippen molar-refractivity contribution in [3.05, 3.63) is 29.6 Å². The SMILES string of the molecule is CCOC(=O)C1(C(=O)OCC)Cc2ncccc2CN1C(C)=O. The molecule has 0 aliphatic carbocycles. The average molecular weight is 320 g/mol. The van der Waals surface area contributed by atoms with Gasteiger partial charge in [-0.3, -0.25) is 9.78 Å². The number of hydrogen-bond donors (Lipinski definition) is 0. The lowest BCUT2D eigenvalue weighted by atomic mass is 9.84. The number of carbonyl (C=O) groups excluding carboxylic acids is 3. The highest BCUT2D eigenvalue weighted by Crippen LogP contribution is 2.33. The smallest absolute Gasteiger partial charge is 0.344 e.